The summed E-state index contributed by atoms with van der Waals surface area (Å²) in [7, 11) is 0. The minimum Gasteiger partial charge on any atom is -0.321 e. The highest BCUT2D eigenvalue weighted by Crippen LogP contribution is 2.28. The average Bonchev–Trinajstić information content (AvgIpc) is 2.41. The van der Waals surface area contributed by atoms with Gasteiger partial charge in [0.25, 0.3) is 5.91 Å². The van der Waals surface area contributed by atoms with Crippen LogP contribution in [0.5, 0.6) is 0 Å². The largest absolute Gasteiger partial charge is 0.321 e. The molecule has 0 aliphatic carbocycles. The molecule has 2 aromatic rings. The van der Waals surface area contributed by atoms with Crippen molar-refractivity contribution in [2.45, 2.75) is 26.7 Å². The topological polar surface area (TPSA) is 42.0 Å². The van der Waals surface area contributed by atoms with Crippen LogP contribution in [0.25, 0.3) is 0 Å². The molecular formula is C16H17ClN2O. The monoisotopic (exact) mass is 288 g/mol. The highest BCUT2D eigenvalue weighted by atomic mass is 35.5. The van der Waals surface area contributed by atoms with Crippen LogP contribution in [-0.4, -0.2) is 10.9 Å². The van der Waals surface area contributed by atoms with Crippen LogP contribution in [0, 0.1) is 6.92 Å². The Labute approximate surface area is 124 Å². The summed E-state index contributed by atoms with van der Waals surface area (Å²) < 4.78 is 0. The fourth-order valence-corrected chi connectivity index (χ4v) is 2.26. The van der Waals surface area contributed by atoms with Crippen LogP contribution in [0.2, 0.25) is 5.02 Å². The van der Waals surface area contributed by atoms with Crippen LogP contribution in [0.4, 0.5) is 5.69 Å². The Balaban J connectivity index is 2.36. The molecule has 0 fully saturated rings. The number of aromatic nitrogens is 1. The lowest BCUT2D eigenvalue weighted by atomic mass is 9.98. The Bertz CT molecular complexity index is 638. The summed E-state index contributed by atoms with van der Waals surface area (Å²) in [6, 6.07) is 7.61. The van der Waals surface area contributed by atoms with Crippen molar-refractivity contribution in [2.75, 3.05) is 5.32 Å². The summed E-state index contributed by atoms with van der Waals surface area (Å²) in [6.07, 6.45) is 3.04. The number of aryl methyl sites for hydroxylation is 1. The van der Waals surface area contributed by atoms with Gasteiger partial charge in [0.05, 0.1) is 10.6 Å². The number of carbonyl (C=O) groups is 1. The van der Waals surface area contributed by atoms with Gasteiger partial charge in [-0.1, -0.05) is 43.6 Å². The number of carbonyl (C=O) groups excluding carboxylic acids is 1. The lowest BCUT2D eigenvalue weighted by Gasteiger charge is -2.16. The molecular weight excluding hydrogens is 272 g/mol. The van der Waals surface area contributed by atoms with E-state index >= 15 is 0 Å². The lowest BCUT2D eigenvalue weighted by Crippen LogP contribution is -2.15. The molecule has 0 saturated heterocycles. The van der Waals surface area contributed by atoms with Crippen molar-refractivity contribution in [1.29, 1.82) is 0 Å². The Morgan fingerprint density at radius 2 is 2.05 bits per heavy atom. The number of halogens is 1. The standard InChI is InChI=1S/C16H17ClN2O/c1-10(2)12-6-4-5-11(3)15(12)19-16(20)13-9-18-8-7-14(13)17/h4-10H,1-3H3,(H,19,20). The predicted octanol–water partition coefficient (Wildman–Crippen LogP) is 4.42. The van der Waals surface area contributed by atoms with Crippen LogP contribution >= 0.6 is 11.6 Å². The van der Waals surface area contributed by atoms with Crippen molar-refractivity contribution >= 4 is 23.2 Å². The number of para-hydroxylation sites is 1. The molecule has 3 nitrogen and oxygen atoms in total. The van der Waals surface area contributed by atoms with Crippen molar-refractivity contribution < 1.29 is 4.79 Å². The van der Waals surface area contributed by atoms with Crippen molar-refractivity contribution in [2.24, 2.45) is 0 Å². The number of benzene rings is 1. The Kier molecular flexibility index (Phi) is 4.40. The van der Waals surface area contributed by atoms with E-state index in [9.17, 15) is 4.79 Å². The van der Waals surface area contributed by atoms with Crippen molar-refractivity contribution in [3.8, 4) is 0 Å². The summed E-state index contributed by atoms with van der Waals surface area (Å²) in [5, 5.41) is 3.35. The van der Waals surface area contributed by atoms with Crippen molar-refractivity contribution in [3.05, 3.63) is 58.4 Å². The van der Waals surface area contributed by atoms with Gasteiger partial charge in [0.1, 0.15) is 0 Å². The quantitative estimate of drug-likeness (QED) is 0.908. The first kappa shape index (κ1) is 14.5. The molecule has 20 heavy (non-hydrogen) atoms. The third kappa shape index (κ3) is 2.99. The number of anilines is 1. The van der Waals surface area contributed by atoms with E-state index in [1.54, 1.807) is 12.3 Å². The molecule has 2 rings (SSSR count). The third-order valence-corrected chi connectivity index (χ3v) is 3.51. The summed E-state index contributed by atoms with van der Waals surface area (Å²) >= 11 is 6.03. The van der Waals surface area contributed by atoms with Crippen molar-refractivity contribution in [1.82, 2.24) is 4.98 Å². The van der Waals surface area contributed by atoms with Crippen LogP contribution < -0.4 is 5.32 Å². The van der Waals surface area contributed by atoms with Gasteiger partial charge in [-0.25, -0.2) is 0 Å². The first-order valence-electron chi connectivity index (χ1n) is 6.51. The van der Waals surface area contributed by atoms with Crippen LogP contribution in [-0.2, 0) is 0 Å². The molecule has 1 aromatic carbocycles. The maximum absolute atomic E-state index is 12.3. The zero-order valence-corrected chi connectivity index (χ0v) is 12.5. The molecule has 0 atom stereocenters. The second kappa shape index (κ2) is 6.06. The van der Waals surface area contributed by atoms with Gasteiger partial charge in [0, 0.05) is 18.1 Å². The Morgan fingerprint density at radius 1 is 1.30 bits per heavy atom. The second-order valence-corrected chi connectivity index (χ2v) is 5.41. The van der Waals surface area contributed by atoms with Crippen LogP contribution in [0.15, 0.2) is 36.7 Å². The molecule has 0 aliphatic heterocycles. The molecule has 1 heterocycles. The maximum Gasteiger partial charge on any atom is 0.258 e. The van der Waals surface area contributed by atoms with Gasteiger partial charge in [-0.15, -0.1) is 0 Å². The van der Waals surface area contributed by atoms with Gasteiger partial charge in [0.2, 0.25) is 0 Å². The van der Waals surface area contributed by atoms with E-state index in [-0.39, 0.29) is 5.91 Å². The normalized spacial score (nSPS) is 10.7. The first-order valence-corrected chi connectivity index (χ1v) is 6.89. The van der Waals surface area contributed by atoms with E-state index in [1.807, 2.05) is 25.1 Å². The van der Waals surface area contributed by atoms with Crippen LogP contribution in [0.1, 0.15) is 41.3 Å². The Hall–Kier alpha value is -1.87. The molecule has 1 N–H and O–H groups in total. The van der Waals surface area contributed by atoms with Crippen LogP contribution in [0.3, 0.4) is 0 Å². The molecule has 1 amide bonds. The van der Waals surface area contributed by atoms with Gasteiger partial charge < -0.3 is 5.32 Å². The summed E-state index contributed by atoms with van der Waals surface area (Å²) in [6.45, 7) is 6.18. The summed E-state index contributed by atoms with van der Waals surface area (Å²) in [4.78, 5) is 16.3. The fraction of sp³-hybridized carbons (Fsp3) is 0.250. The number of amides is 1. The highest BCUT2D eigenvalue weighted by molar-refractivity contribution is 6.34. The number of nitrogens with zero attached hydrogens (tertiary/aromatic N) is 1. The number of nitrogens with one attached hydrogen (secondary N) is 1. The molecule has 0 bridgehead atoms. The third-order valence-electron chi connectivity index (χ3n) is 3.18. The number of rotatable bonds is 3. The molecule has 0 spiro atoms. The number of pyridine rings is 1. The summed E-state index contributed by atoms with van der Waals surface area (Å²) in [5.41, 5.74) is 3.38. The molecule has 0 radical (unpaired) electrons. The molecule has 0 saturated carbocycles. The predicted molar refractivity (Wildman–Crippen MR) is 82.5 cm³/mol. The molecule has 0 unspecified atom stereocenters. The zero-order valence-electron chi connectivity index (χ0n) is 11.8. The van der Waals surface area contributed by atoms with E-state index in [2.05, 4.69) is 24.1 Å². The molecule has 104 valence electrons. The number of hydrogen-bond acceptors (Lipinski definition) is 2. The number of hydrogen-bond donors (Lipinski definition) is 1. The minimum absolute atomic E-state index is 0.237. The van der Waals surface area contributed by atoms with Crippen molar-refractivity contribution in [3.63, 3.8) is 0 Å². The van der Waals surface area contributed by atoms with Gasteiger partial charge in [-0.3, -0.25) is 9.78 Å². The molecule has 1 aromatic heterocycles. The lowest BCUT2D eigenvalue weighted by molar-refractivity contribution is 0.102. The SMILES string of the molecule is Cc1cccc(C(C)C)c1NC(=O)c1cnccc1Cl. The van der Waals surface area contributed by atoms with E-state index < -0.39 is 0 Å². The minimum atomic E-state index is -0.237. The molecule has 0 aliphatic rings. The fourth-order valence-electron chi connectivity index (χ4n) is 2.07. The van der Waals surface area contributed by atoms with E-state index in [1.165, 1.54) is 6.20 Å². The van der Waals surface area contributed by atoms with Gasteiger partial charge in [0.15, 0.2) is 0 Å². The summed E-state index contributed by atoms with van der Waals surface area (Å²) in [5.74, 6) is 0.0915. The molecule has 4 heteroatoms. The second-order valence-electron chi connectivity index (χ2n) is 5.00. The van der Waals surface area contributed by atoms with Gasteiger partial charge >= 0.3 is 0 Å². The highest BCUT2D eigenvalue weighted by Gasteiger charge is 2.15. The van der Waals surface area contributed by atoms with E-state index in [0.29, 0.717) is 16.5 Å². The smallest absolute Gasteiger partial charge is 0.258 e. The van der Waals surface area contributed by atoms with E-state index in [0.717, 1.165) is 16.8 Å². The maximum atomic E-state index is 12.3. The Morgan fingerprint density at radius 3 is 2.70 bits per heavy atom. The van der Waals surface area contributed by atoms with Gasteiger partial charge in [-0.05, 0) is 30.0 Å². The van der Waals surface area contributed by atoms with Gasteiger partial charge in [-0.2, -0.15) is 0 Å². The first-order chi connectivity index (χ1) is 9.50. The van der Waals surface area contributed by atoms with E-state index in [4.69, 9.17) is 11.6 Å². The average molecular weight is 289 g/mol. The zero-order chi connectivity index (χ0) is 14.7.